The molecule has 17 heteroatoms. The number of ether oxygens (including phenoxy) is 1. The molecule has 0 aliphatic rings. The van der Waals surface area contributed by atoms with Crippen molar-refractivity contribution in [3.05, 3.63) is 77.8 Å². The van der Waals surface area contributed by atoms with E-state index in [1.807, 2.05) is 6.07 Å². The number of alkyl halides is 4. The van der Waals surface area contributed by atoms with Crippen LogP contribution < -0.4 is 15.4 Å². The minimum Gasteiger partial charge on any atom is -0.406 e. The Balaban J connectivity index is 1.21. The molecule has 41 heavy (non-hydrogen) atoms. The molecule has 0 spiro atoms. The molecule has 1 amide bonds. The SMILES string of the molecule is O=C(Cc1cc(OC(F)(F)F)ccc1F)Nc1cn(CCC(F)Cn2cc(C(O)NCc3ccccn3)nn2)nn1. The van der Waals surface area contributed by atoms with Gasteiger partial charge < -0.3 is 15.2 Å². The molecule has 4 rings (SSSR count). The van der Waals surface area contributed by atoms with Crippen LogP contribution >= 0.6 is 0 Å². The van der Waals surface area contributed by atoms with Gasteiger partial charge in [0.2, 0.25) is 5.91 Å². The average Bonchev–Trinajstić information content (AvgIpc) is 3.57. The molecule has 2 atom stereocenters. The highest BCUT2D eigenvalue weighted by Gasteiger charge is 2.31. The van der Waals surface area contributed by atoms with Crippen LogP contribution in [0.15, 0.2) is 55.0 Å². The highest BCUT2D eigenvalue weighted by molar-refractivity contribution is 5.91. The van der Waals surface area contributed by atoms with E-state index >= 15 is 0 Å². The molecule has 3 heterocycles. The van der Waals surface area contributed by atoms with Gasteiger partial charge in [0, 0.05) is 31.3 Å². The van der Waals surface area contributed by atoms with E-state index in [2.05, 4.69) is 41.0 Å². The maximum absolute atomic E-state index is 14.6. The first kappa shape index (κ1) is 29.5. The second-order valence-electron chi connectivity index (χ2n) is 8.75. The Morgan fingerprint density at radius 1 is 1.10 bits per heavy atom. The fourth-order valence-corrected chi connectivity index (χ4v) is 3.61. The van der Waals surface area contributed by atoms with Crippen LogP contribution in [0.1, 0.15) is 29.6 Å². The van der Waals surface area contributed by atoms with Crippen molar-refractivity contribution in [1.82, 2.24) is 40.3 Å². The third kappa shape index (κ3) is 9.28. The Morgan fingerprint density at radius 2 is 1.90 bits per heavy atom. The molecule has 0 saturated heterocycles. The lowest BCUT2D eigenvalue weighted by Crippen LogP contribution is -2.21. The van der Waals surface area contributed by atoms with Crippen molar-refractivity contribution in [2.24, 2.45) is 0 Å². The summed E-state index contributed by atoms with van der Waals surface area (Å²) in [6.07, 6.45) is -3.67. The number of nitrogens with one attached hydrogen (secondary N) is 2. The van der Waals surface area contributed by atoms with E-state index in [1.54, 1.807) is 18.3 Å². The number of nitrogens with zero attached hydrogens (tertiary/aromatic N) is 7. The van der Waals surface area contributed by atoms with Crippen molar-refractivity contribution in [3.63, 3.8) is 0 Å². The third-order valence-electron chi connectivity index (χ3n) is 5.50. The zero-order valence-corrected chi connectivity index (χ0v) is 21.2. The lowest BCUT2D eigenvalue weighted by Gasteiger charge is -2.10. The molecule has 0 saturated carbocycles. The number of aryl methyl sites for hydroxylation is 1. The van der Waals surface area contributed by atoms with Crippen LogP contribution in [-0.4, -0.2) is 58.5 Å². The number of aliphatic hydroxyl groups excluding tert-OH is 1. The van der Waals surface area contributed by atoms with E-state index in [4.69, 9.17) is 0 Å². The summed E-state index contributed by atoms with van der Waals surface area (Å²) in [5.41, 5.74) is 0.617. The molecule has 4 aromatic rings. The van der Waals surface area contributed by atoms with E-state index in [9.17, 15) is 31.9 Å². The third-order valence-corrected chi connectivity index (χ3v) is 5.50. The number of aliphatic hydroxyl groups is 1. The summed E-state index contributed by atoms with van der Waals surface area (Å²) in [6.45, 7) is 0.244. The Morgan fingerprint density at radius 3 is 2.66 bits per heavy atom. The van der Waals surface area contributed by atoms with Gasteiger partial charge in [-0.15, -0.1) is 23.4 Å². The topological polar surface area (TPSA) is 145 Å². The van der Waals surface area contributed by atoms with Gasteiger partial charge in [0.15, 0.2) is 12.0 Å². The summed E-state index contributed by atoms with van der Waals surface area (Å²) in [4.78, 5) is 16.4. The van der Waals surface area contributed by atoms with Crippen LogP contribution in [0, 0.1) is 5.82 Å². The number of carbonyl (C=O) groups excluding carboxylic acids is 1. The first-order valence-electron chi connectivity index (χ1n) is 12.1. The first-order valence-corrected chi connectivity index (χ1v) is 12.1. The maximum atomic E-state index is 14.6. The van der Waals surface area contributed by atoms with Crippen molar-refractivity contribution >= 4 is 11.7 Å². The van der Waals surface area contributed by atoms with Crippen molar-refractivity contribution < 1.29 is 36.6 Å². The zero-order chi connectivity index (χ0) is 29.4. The number of aromatic nitrogens is 7. The van der Waals surface area contributed by atoms with Gasteiger partial charge >= 0.3 is 6.36 Å². The molecule has 0 bridgehead atoms. The monoisotopic (exact) mass is 581 g/mol. The van der Waals surface area contributed by atoms with E-state index in [-0.39, 0.29) is 36.6 Å². The second kappa shape index (κ2) is 13.2. The summed E-state index contributed by atoms with van der Waals surface area (Å²) < 4.78 is 72.0. The first-order chi connectivity index (χ1) is 19.5. The van der Waals surface area contributed by atoms with Crippen LogP contribution in [0.4, 0.5) is 27.8 Å². The Hall–Kier alpha value is -4.51. The van der Waals surface area contributed by atoms with Gasteiger partial charge in [-0.1, -0.05) is 16.5 Å². The zero-order valence-electron chi connectivity index (χ0n) is 21.2. The Kier molecular flexibility index (Phi) is 9.51. The molecule has 0 radical (unpaired) electrons. The van der Waals surface area contributed by atoms with Crippen molar-refractivity contribution in [1.29, 1.82) is 0 Å². The molecule has 3 N–H and O–H groups in total. The van der Waals surface area contributed by atoms with E-state index in [0.29, 0.717) is 6.54 Å². The molecule has 2 unspecified atom stereocenters. The van der Waals surface area contributed by atoms with Crippen LogP contribution in [0.3, 0.4) is 0 Å². The summed E-state index contributed by atoms with van der Waals surface area (Å²) >= 11 is 0. The number of halogens is 5. The Labute approximate surface area is 229 Å². The fourth-order valence-electron chi connectivity index (χ4n) is 3.61. The lowest BCUT2D eigenvalue weighted by atomic mass is 10.1. The number of rotatable bonds is 13. The Bertz CT molecular complexity index is 1430. The number of anilines is 1. The highest BCUT2D eigenvalue weighted by Crippen LogP contribution is 2.25. The second-order valence-corrected chi connectivity index (χ2v) is 8.75. The quantitative estimate of drug-likeness (QED) is 0.160. The summed E-state index contributed by atoms with van der Waals surface area (Å²) in [5, 5.41) is 30.6. The summed E-state index contributed by atoms with van der Waals surface area (Å²) in [5.74, 6) is -2.32. The molecule has 3 aromatic heterocycles. The van der Waals surface area contributed by atoms with Gasteiger partial charge in [0.25, 0.3) is 0 Å². The minimum atomic E-state index is -4.96. The lowest BCUT2D eigenvalue weighted by molar-refractivity contribution is -0.274. The number of hydrogen-bond acceptors (Lipinski definition) is 9. The molecule has 0 aliphatic carbocycles. The smallest absolute Gasteiger partial charge is 0.406 e. The van der Waals surface area contributed by atoms with Gasteiger partial charge in [-0.2, -0.15) is 0 Å². The van der Waals surface area contributed by atoms with Gasteiger partial charge in [-0.05, 0) is 30.3 Å². The van der Waals surface area contributed by atoms with E-state index in [1.165, 1.54) is 21.8 Å². The van der Waals surface area contributed by atoms with E-state index < -0.39 is 42.7 Å². The van der Waals surface area contributed by atoms with Crippen LogP contribution in [0.25, 0.3) is 0 Å². The van der Waals surface area contributed by atoms with Crippen LogP contribution in [0.2, 0.25) is 0 Å². The van der Waals surface area contributed by atoms with Gasteiger partial charge in [0.05, 0.1) is 31.1 Å². The maximum Gasteiger partial charge on any atom is 0.573 e. The standard InChI is InChI=1S/C24H24F5N9O3/c25-16(12-38-13-20(33-35-38)23(40)31-11-17-3-1-2-7-30-17)6-8-37-14-21(34-36-37)32-22(39)10-15-9-18(4-5-19(15)26)41-24(27,28)29/h1-5,7,9,13-14,16,23,31,40H,6,8,10-12H2,(H,32,39). The normalized spacial score (nSPS) is 13.1. The van der Waals surface area contributed by atoms with Gasteiger partial charge in [0.1, 0.15) is 23.4 Å². The number of amides is 1. The van der Waals surface area contributed by atoms with Gasteiger partial charge in [-0.3, -0.25) is 19.8 Å². The minimum absolute atomic E-state index is 0.00360. The molecule has 0 fully saturated rings. The fraction of sp³-hybridized carbons (Fsp3) is 0.333. The van der Waals surface area contributed by atoms with Gasteiger partial charge in [-0.25, -0.2) is 13.5 Å². The molecular weight excluding hydrogens is 557 g/mol. The number of pyridine rings is 1. The van der Waals surface area contributed by atoms with E-state index in [0.717, 1.165) is 23.9 Å². The van der Waals surface area contributed by atoms with Crippen LogP contribution in [0.5, 0.6) is 5.75 Å². The molecular formula is C24H24F5N9O3. The van der Waals surface area contributed by atoms with Crippen LogP contribution in [-0.2, 0) is 30.8 Å². The number of hydrogen-bond donors (Lipinski definition) is 3. The van der Waals surface area contributed by atoms with Crippen molar-refractivity contribution in [2.45, 2.75) is 51.2 Å². The molecule has 12 nitrogen and oxygen atoms in total. The largest absolute Gasteiger partial charge is 0.573 e. The predicted octanol–water partition coefficient (Wildman–Crippen LogP) is 2.69. The van der Waals surface area contributed by atoms with Crippen molar-refractivity contribution in [3.8, 4) is 5.75 Å². The highest BCUT2D eigenvalue weighted by atomic mass is 19.4. The number of carbonyl (C=O) groups is 1. The van der Waals surface area contributed by atoms with Crippen molar-refractivity contribution in [2.75, 3.05) is 5.32 Å². The molecule has 218 valence electrons. The predicted molar refractivity (Wildman–Crippen MR) is 131 cm³/mol. The number of benzene rings is 1. The molecule has 0 aliphatic heterocycles. The summed E-state index contributed by atoms with van der Waals surface area (Å²) in [7, 11) is 0. The average molecular weight is 582 g/mol. The summed E-state index contributed by atoms with van der Waals surface area (Å²) in [6, 6.07) is 7.71. The molecule has 1 aromatic carbocycles.